The number of alkyl halides is 3. The summed E-state index contributed by atoms with van der Waals surface area (Å²) in [6.45, 7) is 0.599. The number of fused-ring (bicyclic) bond motifs is 1. The van der Waals surface area contributed by atoms with Gasteiger partial charge in [0.15, 0.2) is 0 Å². The zero-order valence-corrected chi connectivity index (χ0v) is 16.1. The molecular formula is C23H21F3N2O2. The highest BCUT2D eigenvalue weighted by atomic mass is 19.4. The van der Waals surface area contributed by atoms with Gasteiger partial charge in [0.25, 0.3) is 0 Å². The SMILES string of the molecule is O=C(Nc1cccc(C(F)(F)F)c1)N1CCC(O)(c2ccc3ccccc3c2)CC1. The molecule has 2 N–H and O–H groups in total. The molecule has 2 amide bonds. The van der Waals surface area contributed by atoms with Crippen molar-refractivity contribution in [2.45, 2.75) is 24.6 Å². The summed E-state index contributed by atoms with van der Waals surface area (Å²) < 4.78 is 38.6. The van der Waals surface area contributed by atoms with E-state index < -0.39 is 23.4 Å². The molecule has 30 heavy (non-hydrogen) atoms. The van der Waals surface area contributed by atoms with Gasteiger partial charge in [0.05, 0.1) is 11.2 Å². The van der Waals surface area contributed by atoms with Crippen molar-refractivity contribution in [3.8, 4) is 0 Å². The molecule has 3 aromatic carbocycles. The third kappa shape index (κ3) is 4.11. The molecule has 1 aliphatic heterocycles. The second-order valence-corrected chi connectivity index (χ2v) is 7.59. The number of urea groups is 1. The lowest BCUT2D eigenvalue weighted by molar-refractivity contribution is -0.137. The predicted molar refractivity (Wildman–Crippen MR) is 109 cm³/mol. The molecule has 156 valence electrons. The third-order valence-electron chi connectivity index (χ3n) is 5.61. The fraction of sp³-hybridized carbons (Fsp3) is 0.261. The fourth-order valence-corrected chi connectivity index (χ4v) is 3.82. The number of rotatable bonds is 2. The van der Waals surface area contributed by atoms with Gasteiger partial charge in [0, 0.05) is 18.8 Å². The van der Waals surface area contributed by atoms with Crippen molar-refractivity contribution < 1.29 is 23.1 Å². The molecule has 4 rings (SSSR count). The Kier molecular flexibility index (Phi) is 5.15. The first-order chi connectivity index (χ1) is 14.2. The Morgan fingerprint density at radius 3 is 2.33 bits per heavy atom. The number of carbonyl (C=O) groups excluding carboxylic acids is 1. The number of amides is 2. The van der Waals surface area contributed by atoms with Crippen molar-refractivity contribution in [1.82, 2.24) is 4.90 Å². The molecule has 0 saturated carbocycles. The Hall–Kier alpha value is -3.06. The maximum Gasteiger partial charge on any atom is 0.416 e. The first-order valence-corrected chi connectivity index (χ1v) is 9.69. The van der Waals surface area contributed by atoms with E-state index in [1.54, 1.807) is 0 Å². The second kappa shape index (κ2) is 7.65. The predicted octanol–water partition coefficient (Wildman–Crippen LogP) is 5.37. The van der Waals surface area contributed by atoms with Crippen LogP contribution in [0.15, 0.2) is 66.7 Å². The molecule has 1 saturated heterocycles. The van der Waals surface area contributed by atoms with Crippen LogP contribution in [0.5, 0.6) is 0 Å². The molecule has 0 spiro atoms. The van der Waals surface area contributed by atoms with E-state index >= 15 is 0 Å². The second-order valence-electron chi connectivity index (χ2n) is 7.59. The number of anilines is 1. The summed E-state index contributed by atoms with van der Waals surface area (Å²) in [5, 5.41) is 15.8. The van der Waals surface area contributed by atoms with Crippen LogP contribution in [0.3, 0.4) is 0 Å². The maximum atomic E-state index is 12.9. The summed E-state index contributed by atoms with van der Waals surface area (Å²) in [6, 6.07) is 17.8. The van der Waals surface area contributed by atoms with Gasteiger partial charge in [-0.2, -0.15) is 13.2 Å². The molecule has 1 fully saturated rings. The van der Waals surface area contributed by atoms with E-state index in [0.29, 0.717) is 25.9 Å². The van der Waals surface area contributed by atoms with Gasteiger partial charge in [0.1, 0.15) is 0 Å². The molecule has 7 heteroatoms. The minimum atomic E-state index is -4.47. The highest BCUT2D eigenvalue weighted by Crippen LogP contribution is 2.35. The van der Waals surface area contributed by atoms with E-state index in [9.17, 15) is 23.1 Å². The van der Waals surface area contributed by atoms with Crippen LogP contribution in [0.2, 0.25) is 0 Å². The lowest BCUT2D eigenvalue weighted by Crippen LogP contribution is -2.46. The number of nitrogens with one attached hydrogen (secondary N) is 1. The van der Waals surface area contributed by atoms with Gasteiger partial charge in [-0.05, 0) is 53.4 Å². The zero-order valence-electron chi connectivity index (χ0n) is 16.1. The number of aliphatic hydroxyl groups is 1. The van der Waals surface area contributed by atoms with Gasteiger partial charge in [0.2, 0.25) is 0 Å². The lowest BCUT2D eigenvalue weighted by atomic mass is 9.83. The van der Waals surface area contributed by atoms with E-state index in [0.717, 1.165) is 28.5 Å². The number of likely N-dealkylation sites (tertiary alicyclic amines) is 1. The molecule has 0 radical (unpaired) electrons. The van der Waals surface area contributed by atoms with Gasteiger partial charge in [-0.3, -0.25) is 0 Å². The summed E-state index contributed by atoms with van der Waals surface area (Å²) in [5.74, 6) is 0. The normalized spacial score (nSPS) is 16.5. The van der Waals surface area contributed by atoms with Crippen LogP contribution in [0.25, 0.3) is 10.8 Å². The van der Waals surface area contributed by atoms with Crippen molar-refractivity contribution in [1.29, 1.82) is 0 Å². The number of hydrogen-bond acceptors (Lipinski definition) is 2. The van der Waals surface area contributed by atoms with Gasteiger partial charge in [-0.15, -0.1) is 0 Å². The van der Waals surface area contributed by atoms with E-state index in [4.69, 9.17) is 0 Å². The summed E-state index contributed by atoms with van der Waals surface area (Å²) in [7, 11) is 0. The Morgan fingerprint density at radius 1 is 0.933 bits per heavy atom. The molecule has 0 aliphatic carbocycles. The summed E-state index contributed by atoms with van der Waals surface area (Å²) >= 11 is 0. The van der Waals surface area contributed by atoms with Gasteiger partial charge in [-0.25, -0.2) is 4.79 Å². The van der Waals surface area contributed by atoms with E-state index in [1.165, 1.54) is 17.0 Å². The van der Waals surface area contributed by atoms with E-state index in [2.05, 4.69) is 5.32 Å². The Balaban J connectivity index is 1.43. The first kappa shape index (κ1) is 20.2. The van der Waals surface area contributed by atoms with Gasteiger partial charge in [-0.1, -0.05) is 42.5 Å². The number of benzene rings is 3. The minimum Gasteiger partial charge on any atom is -0.385 e. The van der Waals surface area contributed by atoms with Crippen molar-refractivity contribution in [3.63, 3.8) is 0 Å². The molecule has 1 aliphatic rings. The lowest BCUT2D eigenvalue weighted by Gasteiger charge is -2.38. The Morgan fingerprint density at radius 2 is 1.63 bits per heavy atom. The van der Waals surface area contributed by atoms with Crippen molar-refractivity contribution in [3.05, 3.63) is 77.9 Å². The number of halogens is 3. The van der Waals surface area contributed by atoms with Crippen LogP contribution in [-0.2, 0) is 11.8 Å². The van der Waals surface area contributed by atoms with Crippen LogP contribution >= 0.6 is 0 Å². The van der Waals surface area contributed by atoms with Gasteiger partial charge >= 0.3 is 12.2 Å². The molecule has 0 aromatic heterocycles. The van der Waals surface area contributed by atoms with Crippen LogP contribution in [0.1, 0.15) is 24.0 Å². The smallest absolute Gasteiger partial charge is 0.385 e. The zero-order chi connectivity index (χ0) is 21.4. The standard InChI is InChI=1S/C23H21F3N2O2/c24-23(25,26)19-6-3-7-20(15-19)27-21(29)28-12-10-22(30,11-13-28)18-9-8-16-4-1-2-5-17(16)14-18/h1-9,14-15,30H,10-13H2,(H,27,29). The molecule has 0 unspecified atom stereocenters. The topological polar surface area (TPSA) is 52.6 Å². The summed E-state index contributed by atoms with van der Waals surface area (Å²) in [6.07, 6.45) is -3.77. The van der Waals surface area contributed by atoms with Crippen LogP contribution in [-0.4, -0.2) is 29.1 Å². The van der Waals surface area contributed by atoms with Gasteiger partial charge < -0.3 is 15.3 Å². The monoisotopic (exact) mass is 414 g/mol. The minimum absolute atomic E-state index is 0.0881. The third-order valence-corrected chi connectivity index (χ3v) is 5.61. The van der Waals surface area contributed by atoms with Crippen molar-refractivity contribution >= 4 is 22.5 Å². The highest BCUT2D eigenvalue weighted by molar-refractivity contribution is 5.89. The Bertz CT molecular complexity index is 1070. The van der Waals surface area contributed by atoms with Crippen LogP contribution < -0.4 is 5.32 Å². The largest absolute Gasteiger partial charge is 0.416 e. The fourth-order valence-electron chi connectivity index (χ4n) is 3.82. The van der Waals surface area contributed by atoms with Crippen molar-refractivity contribution in [2.75, 3.05) is 18.4 Å². The maximum absolute atomic E-state index is 12.9. The quantitative estimate of drug-likeness (QED) is 0.592. The molecule has 3 aromatic rings. The molecular weight excluding hydrogens is 393 g/mol. The van der Waals surface area contributed by atoms with E-state index in [-0.39, 0.29) is 5.69 Å². The highest BCUT2D eigenvalue weighted by Gasteiger charge is 2.36. The average Bonchev–Trinajstić information content (AvgIpc) is 2.73. The summed E-state index contributed by atoms with van der Waals surface area (Å²) in [4.78, 5) is 14.0. The Labute approximate surface area is 171 Å². The number of nitrogens with zero attached hydrogens (tertiary/aromatic N) is 1. The molecule has 0 atom stereocenters. The average molecular weight is 414 g/mol. The van der Waals surface area contributed by atoms with Crippen LogP contribution in [0.4, 0.5) is 23.7 Å². The summed E-state index contributed by atoms with van der Waals surface area (Å²) in [5.41, 5.74) is -0.967. The number of piperidine rings is 1. The molecule has 4 nitrogen and oxygen atoms in total. The van der Waals surface area contributed by atoms with Crippen LogP contribution in [0, 0.1) is 0 Å². The van der Waals surface area contributed by atoms with E-state index in [1.807, 2.05) is 42.5 Å². The number of hydrogen-bond donors (Lipinski definition) is 2. The molecule has 0 bridgehead atoms. The van der Waals surface area contributed by atoms with Crippen molar-refractivity contribution in [2.24, 2.45) is 0 Å². The molecule has 1 heterocycles. The number of carbonyl (C=O) groups is 1. The first-order valence-electron chi connectivity index (χ1n) is 9.69.